The zero-order valence-electron chi connectivity index (χ0n) is 19.4. The number of allylic oxidation sites excluding steroid dienone is 1. The molecule has 0 saturated carbocycles. The molecule has 174 valence electrons. The van der Waals surface area contributed by atoms with E-state index >= 15 is 0 Å². The average Bonchev–Trinajstić information content (AvgIpc) is 2.82. The number of carboxylic acid groups (broad SMARTS) is 1. The molecule has 2 aromatic rings. The zero-order valence-corrected chi connectivity index (χ0v) is 19.4. The molecule has 0 spiro atoms. The SMILES string of the molecule is CC(=CCCCCCCCCCCC(=O)Oc1ccc(-c2ccc(C#N)cc2)cc1)C(=O)O. The highest BCUT2D eigenvalue weighted by Gasteiger charge is 2.06. The molecule has 0 saturated heterocycles. The fraction of sp³-hybridized carbons (Fsp3) is 0.393. The molecule has 33 heavy (non-hydrogen) atoms. The van der Waals surface area contributed by atoms with Crippen molar-refractivity contribution in [1.29, 1.82) is 5.26 Å². The van der Waals surface area contributed by atoms with Gasteiger partial charge in [-0.2, -0.15) is 5.26 Å². The van der Waals surface area contributed by atoms with Crippen LogP contribution in [0.3, 0.4) is 0 Å². The van der Waals surface area contributed by atoms with Gasteiger partial charge >= 0.3 is 11.9 Å². The number of nitrogens with zero attached hydrogens (tertiary/aromatic N) is 1. The van der Waals surface area contributed by atoms with Crippen LogP contribution in [0.2, 0.25) is 0 Å². The molecule has 0 atom stereocenters. The molecule has 0 unspecified atom stereocenters. The van der Waals surface area contributed by atoms with E-state index < -0.39 is 5.97 Å². The van der Waals surface area contributed by atoms with Crippen molar-refractivity contribution in [3.8, 4) is 22.9 Å². The van der Waals surface area contributed by atoms with Gasteiger partial charge in [0.25, 0.3) is 0 Å². The Bertz CT molecular complexity index is 953. The van der Waals surface area contributed by atoms with E-state index in [-0.39, 0.29) is 5.97 Å². The van der Waals surface area contributed by atoms with E-state index in [1.54, 1.807) is 37.3 Å². The predicted octanol–water partition coefficient (Wildman–Crippen LogP) is 7.06. The largest absolute Gasteiger partial charge is 0.478 e. The summed E-state index contributed by atoms with van der Waals surface area (Å²) in [6, 6.07) is 16.9. The number of ether oxygens (including phenoxy) is 1. The molecular weight excluding hydrogens is 414 g/mol. The molecule has 0 radical (unpaired) electrons. The van der Waals surface area contributed by atoms with Gasteiger partial charge in [0.2, 0.25) is 0 Å². The fourth-order valence-electron chi connectivity index (χ4n) is 3.52. The van der Waals surface area contributed by atoms with Crippen molar-refractivity contribution in [2.45, 2.75) is 71.1 Å². The molecule has 0 aliphatic rings. The third kappa shape index (κ3) is 10.2. The van der Waals surface area contributed by atoms with Crippen molar-refractivity contribution in [3.63, 3.8) is 0 Å². The van der Waals surface area contributed by atoms with Crippen LogP contribution in [0.15, 0.2) is 60.2 Å². The summed E-state index contributed by atoms with van der Waals surface area (Å²) >= 11 is 0. The van der Waals surface area contributed by atoms with Gasteiger partial charge < -0.3 is 9.84 Å². The van der Waals surface area contributed by atoms with E-state index in [0.717, 1.165) is 56.1 Å². The number of hydrogen-bond acceptors (Lipinski definition) is 4. The van der Waals surface area contributed by atoms with Gasteiger partial charge in [-0.1, -0.05) is 68.9 Å². The minimum Gasteiger partial charge on any atom is -0.478 e. The second-order valence-corrected chi connectivity index (χ2v) is 8.25. The Labute approximate surface area is 196 Å². The van der Waals surface area contributed by atoms with Crippen molar-refractivity contribution >= 4 is 11.9 Å². The Kier molecular flexibility index (Phi) is 11.5. The summed E-state index contributed by atoms with van der Waals surface area (Å²) in [6.07, 6.45) is 11.7. The number of carboxylic acids is 1. The van der Waals surface area contributed by atoms with Crippen LogP contribution in [0.25, 0.3) is 11.1 Å². The summed E-state index contributed by atoms with van der Waals surface area (Å²) < 4.78 is 5.43. The highest BCUT2D eigenvalue weighted by atomic mass is 16.5. The van der Waals surface area contributed by atoms with Crippen molar-refractivity contribution in [2.75, 3.05) is 0 Å². The number of unbranched alkanes of at least 4 members (excludes halogenated alkanes) is 8. The Morgan fingerprint density at radius 2 is 1.36 bits per heavy atom. The summed E-state index contributed by atoms with van der Waals surface area (Å²) in [6.45, 7) is 1.63. The first kappa shape index (κ1) is 25.9. The minimum atomic E-state index is -0.837. The molecule has 0 bridgehead atoms. The van der Waals surface area contributed by atoms with Crippen LogP contribution in [0.4, 0.5) is 0 Å². The Hall–Kier alpha value is -3.39. The molecule has 0 amide bonds. The van der Waals surface area contributed by atoms with Crippen molar-refractivity contribution < 1.29 is 19.4 Å². The number of carbonyl (C=O) groups excluding carboxylic acids is 1. The molecular formula is C28H33NO4. The molecule has 0 aliphatic heterocycles. The number of carbonyl (C=O) groups is 2. The molecule has 5 nitrogen and oxygen atoms in total. The highest BCUT2D eigenvalue weighted by molar-refractivity contribution is 5.85. The van der Waals surface area contributed by atoms with Crippen LogP contribution in [0.5, 0.6) is 5.75 Å². The van der Waals surface area contributed by atoms with Gasteiger partial charge in [0.05, 0.1) is 11.6 Å². The number of nitriles is 1. The smallest absolute Gasteiger partial charge is 0.330 e. The summed E-state index contributed by atoms with van der Waals surface area (Å²) in [5.41, 5.74) is 3.07. The number of benzene rings is 2. The number of rotatable bonds is 14. The van der Waals surface area contributed by atoms with E-state index in [2.05, 4.69) is 6.07 Å². The van der Waals surface area contributed by atoms with Gasteiger partial charge in [-0.15, -0.1) is 0 Å². The van der Waals surface area contributed by atoms with Crippen molar-refractivity contribution in [2.24, 2.45) is 0 Å². The third-order valence-electron chi connectivity index (χ3n) is 5.56. The lowest BCUT2D eigenvalue weighted by atomic mass is 10.0. The summed E-state index contributed by atoms with van der Waals surface area (Å²) in [7, 11) is 0. The van der Waals surface area contributed by atoms with Crippen LogP contribution in [-0.4, -0.2) is 17.0 Å². The maximum absolute atomic E-state index is 12.1. The summed E-state index contributed by atoms with van der Waals surface area (Å²) in [5, 5.41) is 17.7. The van der Waals surface area contributed by atoms with E-state index in [0.29, 0.717) is 23.3 Å². The molecule has 0 aromatic heterocycles. The molecule has 0 fully saturated rings. The fourth-order valence-corrected chi connectivity index (χ4v) is 3.52. The van der Waals surface area contributed by atoms with E-state index in [9.17, 15) is 9.59 Å². The topological polar surface area (TPSA) is 87.4 Å². The first-order valence-electron chi connectivity index (χ1n) is 11.7. The third-order valence-corrected chi connectivity index (χ3v) is 5.56. The van der Waals surface area contributed by atoms with Crippen LogP contribution >= 0.6 is 0 Å². The van der Waals surface area contributed by atoms with Crippen molar-refractivity contribution in [1.82, 2.24) is 0 Å². The van der Waals surface area contributed by atoms with Gasteiger partial charge in [-0.25, -0.2) is 4.79 Å². The molecule has 0 aliphatic carbocycles. The van der Waals surface area contributed by atoms with E-state index in [1.807, 2.05) is 24.3 Å². The Balaban J connectivity index is 1.53. The predicted molar refractivity (Wildman–Crippen MR) is 130 cm³/mol. The monoisotopic (exact) mass is 447 g/mol. The zero-order chi connectivity index (χ0) is 23.9. The van der Waals surface area contributed by atoms with Gasteiger partial charge in [0.1, 0.15) is 5.75 Å². The normalized spacial score (nSPS) is 11.1. The van der Waals surface area contributed by atoms with Crippen LogP contribution in [0, 0.1) is 11.3 Å². The van der Waals surface area contributed by atoms with Gasteiger partial charge in [-0.05, 0) is 61.6 Å². The molecule has 2 aromatic carbocycles. The maximum atomic E-state index is 12.1. The number of hydrogen-bond donors (Lipinski definition) is 1. The lowest BCUT2D eigenvalue weighted by Gasteiger charge is -2.06. The number of esters is 1. The second-order valence-electron chi connectivity index (χ2n) is 8.25. The molecule has 5 heteroatoms. The highest BCUT2D eigenvalue weighted by Crippen LogP contribution is 2.23. The van der Waals surface area contributed by atoms with Crippen molar-refractivity contribution in [3.05, 3.63) is 65.7 Å². The van der Waals surface area contributed by atoms with Gasteiger partial charge in [-0.3, -0.25) is 4.79 Å². The van der Waals surface area contributed by atoms with Gasteiger partial charge in [0.15, 0.2) is 0 Å². The van der Waals surface area contributed by atoms with E-state index in [4.69, 9.17) is 15.1 Å². The van der Waals surface area contributed by atoms with Crippen LogP contribution in [0.1, 0.15) is 76.7 Å². The standard InChI is InChI=1S/C28H33NO4/c1-22(28(31)32)11-9-7-5-3-2-4-6-8-10-12-27(30)33-26-19-17-25(18-20-26)24-15-13-23(21-29)14-16-24/h11,13-20H,2-10,12H2,1H3,(H,31,32). The quantitative estimate of drug-likeness (QED) is 0.145. The maximum Gasteiger partial charge on any atom is 0.330 e. The first-order valence-corrected chi connectivity index (χ1v) is 11.7. The molecule has 0 heterocycles. The first-order chi connectivity index (χ1) is 16.0. The lowest BCUT2D eigenvalue weighted by Crippen LogP contribution is -2.07. The second kappa shape index (κ2) is 14.6. The minimum absolute atomic E-state index is 0.203. The van der Waals surface area contributed by atoms with Crippen LogP contribution in [-0.2, 0) is 9.59 Å². The molecule has 1 N–H and O–H groups in total. The van der Waals surface area contributed by atoms with E-state index in [1.165, 1.54) is 12.8 Å². The Morgan fingerprint density at radius 3 is 1.91 bits per heavy atom. The summed E-state index contributed by atoms with van der Waals surface area (Å²) in [5.74, 6) is -0.493. The lowest BCUT2D eigenvalue weighted by molar-refractivity contribution is -0.134. The average molecular weight is 448 g/mol. The Morgan fingerprint density at radius 1 is 0.848 bits per heavy atom. The number of aliphatic carboxylic acids is 1. The van der Waals surface area contributed by atoms with Gasteiger partial charge in [0, 0.05) is 12.0 Å². The molecule has 2 rings (SSSR count). The van der Waals surface area contributed by atoms with Crippen LogP contribution < -0.4 is 4.74 Å². The summed E-state index contributed by atoms with van der Waals surface area (Å²) in [4.78, 5) is 22.8.